The van der Waals surface area contributed by atoms with Crippen LogP contribution in [0.2, 0.25) is 0 Å². The van der Waals surface area contributed by atoms with Crippen LogP contribution in [0.1, 0.15) is 32.1 Å². The SMILES string of the molecule is CC(C)Sc1ccc(CC(=O)NCC(C)(O)c2ccco2)cc1. The number of rotatable bonds is 7. The van der Waals surface area contributed by atoms with Gasteiger partial charge in [0.25, 0.3) is 0 Å². The number of furan rings is 1. The summed E-state index contributed by atoms with van der Waals surface area (Å²) >= 11 is 1.79. The third-order valence-corrected chi connectivity index (χ3v) is 4.36. The first-order chi connectivity index (χ1) is 10.9. The molecule has 0 saturated carbocycles. The molecule has 1 heterocycles. The Morgan fingerprint density at radius 1 is 1.30 bits per heavy atom. The largest absolute Gasteiger partial charge is 0.466 e. The summed E-state index contributed by atoms with van der Waals surface area (Å²) in [5.41, 5.74) is -0.259. The second-order valence-electron chi connectivity index (χ2n) is 6.02. The van der Waals surface area contributed by atoms with E-state index < -0.39 is 5.60 Å². The second-order valence-corrected chi connectivity index (χ2v) is 7.67. The third kappa shape index (κ3) is 5.44. The van der Waals surface area contributed by atoms with E-state index in [2.05, 4.69) is 19.2 Å². The van der Waals surface area contributed by atoms with Crippen molar-refractivity contribution in [1.29, 1.82) is 0 Å². The van der Waals surface area contributed by atoms with Crippen LogP contribution in [0.15, 0.2) is 52.0 Å². The van der Waals surface area contributed by atoms with Gasteiger partial charge in [-0.2, -0.15) is 0 Å². The molecule has 1 aromatic carbocycles. The molecule has 1 amide bonds. The molecule has 1 aromatic heterocycles. The first-order valence-corrected chi connectivity index (χ1v) is 8.53. The van der Waals surface area contributed by atoms with Crippen LogP contribution in [0.5, 0.6) is 0 Å². The summed E-state index contributed by atoms with van der Waals surface area (Å²) in [6, 6.07) is 11.4. The molecule has 0 spiro atoms. The van der Waals surface area contributed by atoms with Crippen molar-refractivity contribution in [2.45, 2.75) is 42.9 Å². The minimum Gasteiger partial charge on any atom is -0.466 e. The molecule has 2 N–H and O–H groups in total. The first kappa shape index (κ1) is 17.6. The minimum atomic E-state index is -1.21. The highest BCUT2D eigenvalue weighted by molar-refractivity contribution is 7.99. The van der Waals surface area contributed by atoms with E-state index in [-0.39, 0.29) is 12.5 Å². The van der Waals surface area contributed by atoms with E-state index in [9.17, 15) is 9.90 Å². The Hall–Kier alpha value is -1.72. The van der Waals surface area contributed by atoms with Crippen LogP contribution < -0.4 is 5.32 Å². The summed E-state index contributed by atoms with van der Waals surface area (Å²) in [5, 5.41) is 13.6. The van der Waals surface area contributed by atoms with Gasteiger partial charge in [-0.05, 0) is 36.8 Å². The highest BCUT2D eigenvalue weighted by Gasteiger charge is 2.26. The lowest BCUT2D eigenvalue weighted by atomic mass is 10.0. The minimum absolute atomic E-state index is 0.112. The normalized spacial score (nSPS) is 13.8. The second kappa shape index (κ2) is 7.70. The fourth-order valence-corrected chi connectivity index (χ4v) is 2.99. The van der Waals surface area contributed by atoms with Crippen LogP contribution >= 0.6 is 11.8 Å². The van der Waals surface area contributed by atoms with Gasteiger partial charge in [-0.1, -0.05) is 26.0 Å². The van der Waals surface area contributed by atoms with Crippen LogP contribution in [0.25, 0.3) is 0 Å². The van der Waals surface area contributed by atoms with Gasteiger partial charge in [-0.25, -0.2) is 0 Å². The Morgan fingerprint density at radius 3 is 2.57 bits per heavy atom. The van der Waals surface area contributed by atoms with Gasteiger partial charge in [0.05, 0.1) is 19.2 Å². The molecule has 2 rings (SSSR count). The van der Waals surface area contributed by atoms with Crippen molar-refractivity contribution in [3.63, 3.8) is 0 Å². The molecule has 0 radical (unpaired) electrons. The predicted molar refractivity (Wildman–Crippen MR) is 92.4 cm³/mol. The molecule has 1 atom stereocenters. The van der Waals surface area contributed by atoms with Crippen LogP contribution in [0.4, 0.5) is 0 Å². The van der Waals surface area contributed by atoms with Gasteiger partial charge >= 0.3 is 0 Å². The molecular formula is C18H23NO3S. The molecule has 0 bridgehead atoms. The number of hydrogen-bond donors (Lipinski definition) is 2. The molecule has 1 unspecified atom stereocenters. The monoisotopic (exact) mass is 333 g/mol. The highest BCUT2D eigenvalue weighted by Crippen LogP contribution is 2.23. The number of carbonyl (C=O) groups excluding carboxylic acids is 1. The van der Waals surface area contributed by atoms with Crippen molar-refractivity contribution in [3.8, 4) is 0 Å². The van der Waals surface area contributed by atoms with Crippen LogP contribution in [-0.2, 0) is 16.8 Å². The van der Waals surface area contributed by atoms with Crippen molar-refractivity contribution >= 4 is 17.7 Å². The number of amides is 1. The Balaban J connectivity index is 1.85. The van der Waals surface area contributed by atoms with Gasteiger partial charge in [0, 0.05) is 10.1 Å². The van der Waals surface area contributed by atoms with Gasteiger partial charge in [0.2, 0.25) is 5.91 Å². The summed E-state index contributed by atoms with van der Waals surface area (Å²) in [6.07, 6.45) is 1.79. The van der Waals surface area contributed by atoms with E-state index in [1.165, 1.54) is 11.2 Å². The number of nitrogens with one attached hydrogen (secondary N) is 1. The number of aliphatic hydroxyl groups is 1. The smallest absolute Gasteiger partial charge is 0.224 e. The number of hydrogen-bond acceptors (Lipinski definition) is 4. The maximum absolute atomic E-state index is 12.0. The predicted octanol–water partition coefficient (Wildman–Crippen LogP) is 3.35. The summed E-state index contributed by atoms with van der Waals surface area (Å²) in [6.45, 7) is 6.03. The van der Waals surface area contributed by atoms with Crippen molar-refractivity contribution in [3.05, 3.63) is 54.0 Å². The molecule has 0 aliphatic carbocycles. The van der Waals surface area contributed by atoms with Crippen LogP contribution in [-0.4, -0.2) is 22.8 Å². The van der Waals surface area contributed by atoms with Crippen LogP contribution in [0, 0.1) is 0 Å². The Kier molecular flexibility index (Phi) is 5.91. The standard InChI is InChI=1S/C18H23NO3S/c1-13(2)23-15-8-6-14(7-9-15)11-17(20)19-12-18(3,21)16-5-4-10-22-16/h4-10,13,21H,11-12H2,1-3H3,(H,19,20). The van der Waals surface area contributed by atoms with Crippen molar-refractivity contribution in [2.24, 2.45) is 0 Å². The fourth-order valence-electron chi connectivity index (χ4n) is 2.15. The Bertz CT molecular complexity index is 618. The number of thioether (sulfide) groups is 1. The van der Waals surface area contributed by atoms with Crippen molar-refractivity contribution < 1.29 is 14.3 Å². The highest BCUT2D eigenvalue weighted by atomic mass is 32.2. The van der Waals surface area contributed by atoms with Gasteiger partial charge in [-0.3, -0.25) is 4.79 Å². The molecule has 0 aliphatic heterocycles. The number of carbonyl (C=O) groups is 1. The zero-order chi connectivity index (χ0) is 16.9. The van der Waals surface area contributed by atoms with Gasteiger partial charge < -0.3 is 14.8 Å². The van der Waals surface area contributed by atoms with Crippen LogP contribution in [0.3, 0.4) is 0 Å². The van der Waals surface area contributed by atoms with E-state index in [0.29, 0.717) is 17.4 Å². The quantitative estimate of drug-likeness (QED) is 0.763. The Morgan fingerprint density at radius 2 is 2.00 bits per heavy atom. The first-order valence-electron chi connectivity index (χ1n) is 7.65. The average Bonchev–Trinajstić information content (AvgIpc) is 3.02. The van der Waals surface area contributed by atoms with E-state index in [1.807, 2.05) is 24.3 Å². The Labute approximate surface area is 141 Å². The maximum Gasteiger partial charge on any atom is 0.224 e. The van der Waals surface area contributed by atoms with E-state index in [4.69, 9.17) is 4.42 Å². The molecule has 23 heavy (non-hydrogen) atoms. The summed E-state index contributed by atoms with van der Waals surface area (Å²) in [4.78, 5) is 13.2. The summed E-state index contributed by atoms with van der Waals surface area (Å²) in [5.74, 6) is 0.314. The molecule has 4 nitrogen and oxygen atoms in total. The van der Waals surface area contributed by atoms with Gasteiger partial charge in [0.1, 0.15) is 11.4 Å². The summed E-state index contributed by atoms with van der Waals surface area (Å²) < 4.78 is 5.19. The van der Waals surface area contributed by atoms with E-state index >= 15 is 0 Å². The lowest BCUT2D eigenvalue weighted by Crippen LogP contribution is -2.39. The zero-order valence-corrected chi connectivity index (χ0v) is 14.5. The third-order valence-electron chi connectivity index (χ3n) is 3.34. The molecule has 2 aromatic rings. The fraction of sp³-hybridized carbons (Fsp3) is 0.389. The van der Waals surface area contributed by atoms with Gasteiger partial charge in [0.15, 0.2) is 0 Å². The molecular weight excluding hydrogens is 310 g/mol. The van der Waals surface area contributed by atoms with Crippen molar-refractivity contribution in [1.82, 2.24) is 5.32 Å². The molecule has 0 aliphatic rings. The van der Waals surface area contributed by atoms with E-state index in [0.717, 1.165) is 5.56 Å². The number of benzene rings is 1. The lowest BCUT2D eigenvalue weighted by Gasteiger charge is -2.21. The molecule has 0 fully saturated rings. The lowest BCUT2D eigenvalue weighted by molar-refractivity contribution is -0.121. The zero-order valence-electron chi connectivity index (χ0n) is 13.7. The van der Waals surface area contributed by atoms with Gasteiger partial charge in [-0.15, -0.1) is 11.8 Å². The summed E-state index contributed by atoms with van der Waals surface area (Å²) in [7, 11) is 0. The maximum atomic E-state index is 12.0. The van der Waals surface area contributed by atoms with Crippen molar-refractivity contribution in [2.75, 3.05) is 6.54 Å². The van der Waals surface area contributed by atoms with E-state index in [1.54, 1.807) is 30.8 Å². The molecule has 0 saturated heterocycles. The average molecular weight is 333 g/mol. The molecule has 124 valence electrons. The topological polar surface area (TPSA) is 62.5 Å². The molecule has 5 heteroatoms.